The normalized spacial score (nSPS) is 33.0. The van der Waals surface area contributed by atoms with Crippen molar-refractivity contribution in [3.8, 4) is 0 Å². The molecule has 0 spiro atoms. The van der Waals surface area contributed by atoms with Gasteiger partial charge < -0.3 is 15.0 Å². The van der Waals surface area contributed by atoms with Crippen molar-refractivity contribution in [3.63, 3.8) is 0 Å². The zero-order valence-corrected chi connectivity index (χ0v) is 14.9. The van der Waals surface area contributed by atoms with Gasteiger partial charge in [-0.1, -0.05) is 19.8 Å². The van der Waals surface area contributed by atoms with Crippen LogP contribution in [0, 0.1) is 5.92 Å². The lowest BCUT2D eigenvalue weighted by Crippen LogP contribution is -2.51. The second-order valence-electron chi connectivity index (χ2n) is 8.06. The van der Waals surface area contributed by atoms with Crippen molar-refractivity contribution in [1.29, 1.82) is 0 Å². The standard InChI is InChI=1S/C18H36N2O/c1-6-11-19-16-15(17(2,3)21-18(16,4)5)14-20-12-9-7-8-10-13-20/h15-16,19H,6-14H2,1-5H3. The number of nitrogens with one attached hydrogen (secondary N) is 1. The summed E-state index contributed by atoms with van der Waals surface area (Å²) in [6, 6.07) is 0.454. The maximum Gasteiger partial charge on any atom is 0.0790 e. The van der Waals surface area contributed by atoms with Crippen LogP contribution in [0.25, 0.3) is 0 Å². The summed E-state index contributed by atoms with van der Waals surface area (Å²) in [5, 5.41) is 3.78. The maximum atomic E-state index is 6.44. The Bertz CT molecular complexity index is 319. The van der Waals surface area contributed by atoms with E-state index >= 15 is 0 Å². The highest BCUT2D eigenvalue weighted by Crippen LogP contribution is 2.42. The minimum Gasteiger partial charge on any atom is -0.368 e. The smallest absolute Gasteiger partial charge is 0.0790 e. The molecule has 3 heteroatoms. The average Bonchev–Trinajstić information content (AvgIpc) is 2.58. The van der Waals surface area contributed by atoms with E-state index in [0.717, 1.165) is 6.54 Å². The Morgan fingerprint density at radius 1 is 1.00 bits per heavy atom. The van der Waals surface area contributed by atoms with Crippen molar-refractivity contribution in [3.05, 3.63) is 0 Å². The first-order chi connectivity index (χ1) is 9.87. The van der Waals surface area contributed by atoms with Gasteiger partial charge in [0.15, 0.2) is 0 Å². The van der Waals surface area contributed by atoms with E-state index in [-0.39, 0.29) is 11.2 Å². The number of likely N-dealkylation sites (tertiary alicyclic amines) is 1. The average molecular weight is 296 g/mol. The van der Waals surface area contributed by atoms with Crippen LogP contribution in [0.5, 0.6) is 0 Å². The van der Waals surface area contributed by atoms with Crippen molar-refractivity contribution in [2.75, 3.05) is 26.2 Å². The molecule has 3 nitrogen and oxygen atoms in total. The van der Waals surface area contributed by atoms with Crippen molar-refractivity contribution >= 4 is 0 Å². The predicted molar refractivity (Wildman–Crippen MR) is 89.7 cm³/mol. The third-order valence-electron chi connectivity index (χ3n) is 5.34. The third kappa shape index (κ3) is 4.20. The minimum absolute atomic E-state index is 0.0405. The van der Waals surface area contributed by atoms with Gasteiger partial charge in [-0.25, -0.2) is 0 Å². The Kier molecular flexibility index (Phi) is 5.72. The zero-order chi connectivity index (χ0) is 15.5. The molecule has 2 aliphatic heterocycles. The number of hydrogen-bond acceptors (Lipinski definition) is 3. The van der Waals surface area contributed by atoms with E-state index in [4.69, 9.17) is 4.74 Å². The maximum absolute atomic E-state index is 6.44. The van der Waals surface area contributed by atoms with Crippen LogP contribution in [0.2, 0.25) is 0 Å². The predicted octanol–water partition coefficient (Wildman–Crippen LogP) is 3.43. The third-order valence-corrected chi connectivity index (χ3v) is 5.34. The first kappa shape index (κ1) is 17.2. The summed E-state index contributed by atoms with van der Waals surface area (Å²) in [5.41, 5.74) is -0.115. The van der Waals surface area contributed by atoms with Crippen LogP contribution in [0.1, 0.15) is 66.7 Å². The molecule has 0 radical (unpaired) electrons. The van der Waals surface area contributed by atoms with Crippen molar-refractivity contribution in [2.45, 2.75) is 84.0 Å². The first-order valence-corrected chi connectivity index (χ1v) is 9.03. The molecule has 0 aromatic heterocycles. The highest BCUT2D eigenvalue weighted by molar-refractivity contribution is 5.06. The van der Waals surface area contributed by atoms with E-state index in [2.05, 4.69) is 44.8 Å². The van der Waals surface area contributed by atoms with E-state index in [0.29, 0.717) is 12.0 Å². The molecule has 0 amide bonds. The van der Waals surface area contributed by atoms with Crippen LogP contribution in [0.4, 0.5) is 0 Å². The molecule has 0 saturated carbocycles. The molecule has 1 N–H and O–H groups in total. The van der Waals surface area contributed by atoms with Crippen LogP contribution in [-0.2, 0) is 4.74 Å². The van der Waals surface area contributed by atoms with Gasteiger partial charge in [0, 0.05) is 18.5 Å². The fraction of sp³-hybridized carbons (Fsp3) is 1.00. The van der Waals surface area contributed by atoms with Crippen molar-refractivity contribution in [1.82, 2.24) is 10.2 Å². The number of nitrogens with zero attached hydrogens (tertiary/aromatic N) is 1. The molecule has 124 valence electrons. The van der Waals surface area contributed by atoms with Gasteiger partial charge in [0.25, 0.3) is 0 Å². The Balaban J connectivity index is 2.07. The highest BCUT2D eigenvalue weighted by atomic mass is 16.5. The summed E-state index contributed by atoms with van der Waals surface area (Å²) in [5.74, 6) is 0.567. The Labute approximate surface area is 131 Å². The largest absolute Gasteiger partial charge is 0.368 e. The summed E-state index contributed by atoms with van der Waals surface area (Å²) < 4.78 is 6.44. The molecule has 2 rings (SSSR count). The molecule has 0 aromatic carbocycles. The highest BCUT2D eigenvalue weighted by Gasteiger charge is 2.53. The Hall–Kier alpha value is -0.120. The van der Waals surface area contributed by atoms with Crippen LogP contribution >= 0.6 is 0 Å². The molecule has 2 saturated heterocycles. The lowest BCUT2D eigenvalue weighted by molar-refractivity contribution is -0.0795. The van der Waals surface area contributed by atoms with Crippen LogP contribution < -0.4 is 5.32 Å². The molecule has 2 fully saturated rings. The second-order valence-corrected chi connectivity index (χ2v) is 8.06. The molecular formula is C18H36N2O. The molecule has 2 heterocycles. The van der Waals surface area contributed by atoms with E-state index < -0.39 is 0 Å². The Morgan fingerprint density at radius 2 is 1.62 bits per heavy atom. The number of hydrogen-bond donors (Lipinski definition) is 1. The fourth-order valence-electron chi connectivity index (χ4n) is 4.31. The lowest BCUT2D eigenvalue weighted by atomic mass is 9.82. The summed E-state index contributed by atoms with van der Waals surface area (Å²) >= 11 is 0. The van der Waals surface area contributed by atoms with Crippen molar-refractivity contribution in [2.24, 2.45) is 5.92 Å². The molecule has 2 aliphatic rings. The molecule has 0 aromatic rings. The molecule has 2 unspecified atom stereocenters. The SMILES string of the molecule is CCCNC1C(CN2CCCCCC2)C(C)(C)OC1(C)C. The van der Waals surface area contributed by atoms with E-state index in [1.54, 1.807) is 0 Å². The lowest BCUT2D eigenvalue weighted by Gasteiger charge is -2.34. The molecule has 21 heavy (non-hydrogen) atoms. The second kappa shape index (κ2) is 6.97. The Morgan fingerprint density at radius 3 is 2.19 bits per heavy atom. The van der Waals surface area contributed by atoms with Gasteiger partial charge >= 0.3 is 0 Å². The minimum atomic E-state index is -0.0742. The zero-order valence-electron chi connectivity index (χ0n) is 14.9. The monoisotopic (exact) mass is 296 g/mol. The van der Waals surface area contributed by atoms with Gasteiger partial charge in [-0.15, -0.1) is 0 Å². The van der Waals surface area contributed by atoms with Crippen LogP contribution in [0.3, 0.4) is 0 Å². The topological polar surface area (TPSA) is 24.5 Å². The molecule has 2 atom stereocenters. The molecular weight excluding hydrogens is 260 g/mol. The summed E-state index contributed by atoms with van der Waals surface area (Å²) in [7, 11) is 0. The van der Waals surface area contributed by atoms with Gasteiger partial charge in [0.2, 0.25) is 0 Å². The van der Waals surface area contributed by atoms with Crippen LogP contribution in [0.15, 0.2) is 0 Å². The van der Waals surface area contributed by atoms with E-state index in [1.807, 2.05) is 0 Å². The molecule has 0 aliphatic carbocycles. The number of ether oxygens (including phenoxy) is 1. The molecule has 0 bridgehead atoms. The number of rotatable bonds is 5. The van der Waals surface area contributed by atoms with E-state index in [9.17, 15) is 0 Å². The van der Waals surface area contributed by atoms with Gasteiger partial charge in [-0.2, -0.15) is 0 Å². The summed E-state index contributed by atoms with van der Waals surface area (Å²) in [6.45, 7) is 16.1. The van der Waals surface area contributed by atoms with Gasteiger partial charge in [0.05, 0.1) is 11.2 Å². The quantitative estimate of drug-likeness (QED) is 0.841. The van der Waals surface area contributed by atoms with Gasteiger partial charge in [-0.3, -0.25) is 0 Å². The van der Waals surface area contributed by atoms with Gasteiger partial charge in [-0.05, 0) is 66.6 Å². The summed E-state index contributed by atoms with van der Waals surface area (Å²) in [6.07, 6.45) is 6.73. The summed E-state index contributed by atoms with van der Waals surface area (Å²) in [4.78, 5) is 2.69. The van der Waals surface area contributed by atoms with E-state index in [1.165, 1.54) is 51.7 Å². The van der Waals surface area contributed by atoms with Crippen molar-refractivity contribution < 1.29 is 4.74 Å². The van der Waals surface area contributed by atoms with Crippen LogP contribution in [-0.4, -0.2) is 48.3 Å². The van der Waals surface area contributed by atoms with Gasteiger partial charge in [0.1, 0.15) is 0 Å². The first-order valence-electron chi connectivity index (χ1n) is 9.03. The fourth-order valence-corrected chi connectivity index (χ4v) is 4.31.